The van der Waals surface area contributed by atoms with E-state index < -0.39 is 23.6 Å². The first-order chi connectivity index (χ1) is 15.7. The first-order valence-corrected chi connectivity index (χ1v) is 10.5. The van der Waals surface area contributed by atoms with Crippen molar-refractivity contribution in [3.05, 3.63) is 83.4 Å². The summed E-state index contributed by atoms with van der Waals surface area (Å²) in [6.45, 7) is 1.86. The van der Waals surface area contributed by atoms with Crippen molar-refractivity contribution in [2.75, 3.05) is 10.6 Å². The lowest BCUT2D eigenvalue weighted by molar-refractivity contribution is -0.137. The molecule has 0 aliphatic rings. The van der Waals surface area contributed by atoms with E-state index in [0.29, 0.717) is 11.3 Å². The molecule has 168 valence electrons. The number of urea groups is 1. The van der Waals surface area contributed by atoms with Crippen LogP contribution in [0.1, 0.15) is 10.6 Å². The molecular formula is C23H16F4N4OS. The Morgan fingerprint density at radius 1 is 0.939 bits per heavy atom. The maximum atomic E-state index is 14.4. The fourth-order valence-corrected chi connectivity index (χ4v) is 4.05. The van der Waals surface area contributed by atoms with Crippen LogP contribution in [0.2, 0.25) is 0 Å². The first-order valence-electron chi connectivity index (χ1n) is 9.64. The van der Waals surface area contributed by atoms with Gasteiger partial charge in [0, 0.05) is 23.6 Å². The summed E-state index contributed by atoms with van der Waals surface area (Å²) in [6.07, 6.45) is -1.18. The fourth-order valence-electron chi connectivity index (χ4n) is 3.12. The standard InChI is InChI=1S/C23H16F4N4OS/c1-13-29-20(14-8-10-28-11-9-14)21(33-13)15-2-7-18(24)19(12-15)31-22(32)30-17-5-3-16(4-6-17)23(25,26)27/h2-12H,1H3,(H2,30,31,32). The number of alkyl halides is 3. The van der Waals surface area contributed by atoms with Gasteiger partial charge in [0.15, 0.2) is 0 Å². The Kier molecular flexibility index (Phi) is 6.10. The number of hydrogen-bond acceptors (Lipinski definition) is 4. The number of aromatic nitrogens is 2. The average molecular weight is 472 g/mol. The van der Waals surface area contributed by atoms with Gasteiger partial charge in [-0.1, -0.05) is 6.07 Å². The van der Waals surface area contributed by atoms with Crippen LogP contribution in [0.5, 0.6) is 0 Å². The van der Waals surface area contributed by atoms with Gasteiger partial charge in [0.25, 0.3) is 0 Å². The molecular weight excluding hydrogens is 456 g/mol. The highest BCUT2D eigenvalue weighted by atomic mass is 32.1. The number of carbonyl (C=O) groups is 1. The van der Waals surface area contributed by atoms with Crippen LogP contribution in [-0.2, 0) is 6.18 Å². The molecule has 0 unspecified atom stereocenters. The molecule has 2 aromatic heterocycles. The number of nitrogens with zero attached hydrogens (tertiary/aromatic N) is 2. The average Bonchev–Trinajstić information content (AvgIpc) is 3.17. The molecule has 2 heterocycles. The molecule has 2 aromatic carbocycles. The summed E-state index contributed by atoms with van der Waals surface area (Å²) in [4.78, 5) is 21.7. The Balaban J connectivity index is 1.56. The van der Waals surface area contributed by atoms with Gasteiger partial charge in [-0.3, -0.25) is 4.98 Å². The highest BCUT2D eigenvalue weighted by Crippen LogP contribution is 2.38. The number of thiazole rings is 1. The summed E-state index contributed by atoms with van der Waals surface area (Å²) < 4.78 is 52.5. The number of hydrogen-bond donors (Lipinski definition) is 2. The van der Waals surface area contributed by atoms with Crippen molar-refractivity contribution in [1.29, 1.82) is 0 Å². The number of halogens is 4. The Hall–Kier alpha value is -3.79. The quantitative estimate of drug-likeness (QED) is 0.315. The van der Waals surface area contributed by atoms with E-state index in [1.165, 1.54) is 23.5 Å². The molecule has 0 fully saturated rings. The maximum Gasteiger partial charge on any atom is 0.416 e. The summed E-state index contributed by atoms with van der Waals surface area (Å²) in [7, 11) is 0. The third-order valence-corrected chi connectivity index (χ3v) is 5.65. The van der Waals surface area contributed by atoms with E-state index in [1.807, 2.05) is 19.1 Å². The van der Waals surface area contributed by atoms with Gasteiger partial charge >= 0.3 is 12.2 Å². The predicted molar refractivity (Wildman–Crippen MR) is 120 cm³/mol. The Bertz CT molecular complexity index is 1290. The number of nitrogens with one attached hydrogen (secondary N) is 2. The molecule has 5 nitrogen and oxygen atoms in total. The molecule has 4 aromatic rings. The van der Waals surface area contributed by atoms with Gasteiger partial charge in [-0.15, -0.1) is 11.3 Å². The van der Waals surface area contributed by atoms with Crippen molar-refractivity contribution in [3.63, 3.8) is 0 Å². The second-order valence-electron chi connectivity index (χ2n) is 7.00. The number of carbonyl (C=O) groups excluding carboxylic acids is 1. The summed E-state index contributed by atoms with van der Waals surface area (Å²) in [5.74, 6) is -0.659. The minimum absolute atomic E-state index is 0.0800. The summed E-state index contributed by atoms with van der Waals surface area (Å²) in [6, 6.07) is 11.1. The smallest absolute Gasteiger partial charge is 0.308 e. The summed E-state index contributed by atoms with van der Waals surface area (Å²) >= 11 is 1.43. The third kappa shape index (κ3) is 5.17. The van der Waals surface area contributed by atoms with Crippen LogP contribution >= 0.6 is 11.3 Å². The molecule has 33 heavy (non-hydrogen) atoms. The van der Waals surface area contributed by atoms with E-state index >= 15 is 0 Å². The van der Waals surface area contributed by atoms with Crippen LogP contribution in [0.25, 0.3) is 21.7 Å². The van der Waals surface area contributed by atoms with Gasteiger partial charge in [0.1, 0.15) is 5.82 Å². The lowest BCUT2D eigenvalue weighted by atomic mass is 10.1. The minimum atomic E-state index is -4.48. The summed E-state index contributed by atoms with van der Waals surface area (Å²) in [5, 5.41) is 5.62. The van der Waals surface area contributed by atoms with E-state index in [4.69, 9.17) is 0 Å². The van der Waals surface area contributed by atoms with Crippen molar-refractivity contribution < 1.29 is 22.4 Å². The van der Waals surface area contributed by atoms with Crippen LogP contribution in [-0.4, -0.2) is 16.0 Å². The molecule has 4 rings (SSSR count). The number of anilines is 2. The molecule has 0 atom stereocenters. The Morgan fingerprint density at radius 3 is 2.30 bits per heavy atom. The van der Waals surface area contributed by atoms with Crippen LogP contribution in [0.15, 0.2) is 67.0 Å². The highest BCUT2D eigenvalue weighted by Gasteiger charge is 2.30. The van der Waals surface area contributed by atoms with Crippen molar-refractivity contribution in [2.24, 2.45) is 0 Å². The van der Waals surface area contributed by atoms with Crippen molar-refractivity contribution in [2.45, 2.75) is 13.1 Å². The largest absolute Gasteiger partial charge is 0.416 e. The monoisotopic (exact) mass is 472 g/mol. The molecule has 0 spiro atoms. The number of benzene rings is 2. The lowest BCUT2D eigenvalue weighted by Crippen LogP contribution is -2.20. The molecule has 10 heteroatoms. The van der Waals surface area contributed by atoms with Crippen molar-refractivity contribution in [3.8, 4) is 21.7 Å². The molecule has 0 bridgehead atoms. The molecule has 0 saturated carbocycles. The fraction of sp³-hybridized carbons (Fsp3) is 0.0870. The number of amides is 2. The van der Waals surface area contributed by atoms with Gasteiger partial charge in [0.2, 0.25) is 0 Å². The zero-order chi connectivity index (χ0) is 23.6. The molecule has 2 amide bonds. The maximum absolute atomic E-state index is 14.4. The lowest BCUT2D eigenvalue weighted by Gasteiger charge is -2.11. The zero-order valence-corrected chi connectivity index (χ0v) is 17.9. The second-order valence-corrected chi connectivity index (χ2v) is 8.20. The molecule has 0 aliphatic heterocycles. The SMILES string of the molecule is Cc1nc(-c2ccncc2)c(-c2ccc(F)c(NC(=O)Nc3ccc(C(F)(F)F)cc3)c2)s1. The topological polar surface area (TPSA) is 66.9 Å². The van der Waals surface area contributed by atoms with Gasteiger partial charge < -0.3 is 10.6 Å². The van der Waals surface area contributed by atoms with Crippen LogP contribution < -0.4 is 10.6 Å². The molecule has 0 saturated heterocycles. The first kappa shape index (κ1) is 22.4. The molecule has 0 aliphatic carbocycles. The van der Waals surface area contributed by atoms with E-state index in [-0.39, 0.29) is 11.4 Å². The van der Waals surface area contributed by atoms with Gasteiger partial charge in [-0.2, -0.15) is 13.2 Å². The highest BCUT2D eigenvalue weighted by molar-refractivity contribution is 7.15. The third-order valence-electron chi connectivity index (χ3n) is 4.63. The van der Waals surface area contributed by atoms with E-state index in [0.717, 1.165) is 39.7 Å². The van der Waals surface area contributed by atoms with Gasteiger partial charge in [-0.25, -0.2) is 14.2 Å². The second kappa shape index (κ2) is 8.99. The zero-order valence-electron chi connectivity index (χ0n) is 17.1. The van der Waals surface area contributed by atoms with Crippen molar-refractivity contribution in [1.82, 2.24) is 9.97 Å². The number of pyridine rings is 1. The van der Waals surface area contributed by atoms with Gasteiger partial charge in [-0.05, 0) is 61.0 Å². The Morgan fingerprint density at radius 2 is 1.64 bits per heavy atom. The van der Waals surface area contributed by atoms with Crippen LogP contribution in [0.3, 0.4) is 0 Å². The Labute approximate surface area is 190 Å². The predicted octanol–water partition coefficient (Wildman–Crippen LogP) is 6.98. The van der Waals surface area contributed by atoms with Gasteiger partial charge in [0.05, 0.1) is 26.8 Å². The number of rotatable bonds is 4. The molecule has 2 N–H and O–H groups in total. The molecule has 0 radical (unpaired) electrons. The van der Waals surface area contributed by atoms with Crippen molar-refractivity contribution >= 4 is 28.7 Å². The van der Waals surface area contributed by atoms with E-state index in [9.17, 15) is 22.4 Å². The summed E-state index contributed by atoms with van der Waals surface area (Å²) in [5.41, 5.74) is 1.43. The number of aryl methyl sites for hydroxylation is 1. The minimum Gasteiger partial charge on any atom is -0.308 e. The van der Waals surface area contributed by atoms with Crippen LogP contribution in [0, 0.1) is 12.7 Å². The van der Waals surface area contributed by atoms with E-state index in [1.54, 1.807) is 18.5 Å². The normalized spacial score (nSPS) is 11.3. The van der Waals surface area contributed by atoms with E-state index in [2.05, 4.69) is 20.6 Å². The van der Waals surface area contributed by atoms with Crippen LogP contribution in [0.4, 0.5) is 33.7 Å².